The van der Waals surface area contributed by atoms with Crippen LogP contribution in [0, 0.1) is 17.2 Å². The number of hydrogen-bond donors (Lipinski definition) is 1. The number of nitrogens with one attached hydrogen (secondary N) is 1. The summed E-state index contributed by atoms with van der Waals surface area (Å²) in [6.07, 6.45) is 4.12. The van der Waals surface area contributed by atoms with Crippen LogP contribution in [0.25, 0.3) is 0 Å². The molecular formula is C19H18Cl2N2O2S. The van der Waals surface area contributed by atoms with Crippen molar-refractivity contribution in [1.82, 2.24) is 0 Å². The SMILES string of the molecule is CCC1CCc2c(sc(NC(=O)COc3ccc(Cl)cc3Cl)c2C#N)C1. The molecule has 136 valence electrons. The number of fused-ring (bicyclic) bond motifs is 1. The lowest BCUT2D eigenvalue weighted by molar-refractivity contribution is -0.118. The van der Waals surface area contributed by atoms with E-state index < -0.39 is 0 Å². The normalized spacial score (nSPS) is 15.8. The van der Waals surface area contributed by atoms with Gasteiger partial charge in [-0.15, -0.1) is 11.3 Å². The van der Waals surface area contributed by atoms with Crippen LogP contribution in [0.5, 0.6) is 5.75 Å². The van der Waals surface area contributed by atoms with Gasteiger partial charge in [0, 0.05) is 9.90 Å². The van der Waals surface area contributed by atoms with Crippen molar-refractivity contribution in [2.24, 2.45) is 5.92 Å². The van der Waals surface area contributed by atoms with E-state index in [4.69, 9.17) is 27.9 Å². The molecule has 1 amide bonds. The Balaban J connectivity index is 1.68. The number of ether oxygens (including phenoxy) is 1. The fraction of sp³-hybridized carbons (Fsp3) is 0.368. The van der Waals surface area contributed by atoms with Crippen LogP contribution in [0.2, 0.25) is 10.0 Å². The maximum Gasteiger partial charge on any atom is 0.262 e. The maximum absolute atomic E-state index is 12.3. The Morgan fingerprint density at radius 2 is 2.27 bits per heavy atom. The molecule has 2 aromatic rings. The maximum atomic E-state index is 12.3. The second kappa shape index (κ2) is 8.30. The summed E-state index contributed by atoms with van der Waals surface area (Å²) in [5, 5.41) is 13.8. The third-order valence-corrected chi connectivity index (χ3v) is 6.26. The van der Waals surface area contributed by atoms with Crippen LogP contribution in [-0.4, -0.2) is 12.5 Å². The lowest BCUT2D eigenvalue weighted by Crippen LogP contribution is -2.20. The number of amides is 1. The van der Waals surface area contributed by atoms with Crippen LogP contribution in [-0.2, 0) is 17.6 Å². The molecule has 26 heavy (non-hydrogen) atoms. The predicted molar refractivity (Wildman–Crippen MR) is 105 cm³/mol. The van der Waals surface area contributed by atoms with E-state index in [2.05, 4.69) is 18.3 Å². The largest absolute Gasteiger partial charge is 0.482 e. The minimum atomic E-state index is -0.321. The molecule has 4 nitrogen and oxygen atoms in total. The number of carbonyl (C=O) groups excluding carboxylic acids is 1. The average Bonchev–Trinajstić information content (AvgIpc) is 2.96. The van der Waals surface area contributed by atoms with Crippen molar-refractivity contribution < 1.29 is 9.53 Å². The van der Waals surface area contributed by atoms with Crippen LogP contribution < -0.4 is 10.1 Å². The zero-order valence-corrected chi connectivity index (χ0v) is 16.6. The molecule has 0 bridgehead atoms. The van der Waals surface area contributed by atoms with Crippen molar-refractivity contribution in [3.63, 3.8) is 0 Å². The number of anilines is 1. The number of rotatable bonds is 5. The van der Waals surface area contributed by atoms with Crippen LogP contribution in [0.1, 0.15) is 35.8 Å². The Labute approximate surface area is 166 Å². The highest BCUT2D eigenvalue weighted by Crippen LogP contribution is 2.40. The zero-order chi connectivity index (χ0) is 18.7. The summed E-state index contributed by atoms with van der Waals surface area (Å²) < 4.78 is 5.45. The topological polar surface area (TPSA) is 62.1 Å². The molecule has 0 fully saturated rings. The first-order valence-corrected chi connectivity index (χ1v) is 10.0. The van der Waals surface area contributed by atoms with Crippen molar-refractivity contribution in [2.45, 2.75) is 32.6 Å². The first-order chi connectivity index (χ1) is 12.5. The molecule has 0 saturated heterocycles. The van der Waals surface area contributed by atoms with E-state index in [1.165, 1.54) is 16.2 Å². The van der Waals surface area contributed by atoms with Gasteiger partial charge < -0.3 is 10.1 Å². The van der Waals surface area contributed by atoms with Gasteiger partial charge in [-0.25, -0.2) is 0 Å². The molecule has 1 aromatic carbocycles. The molecule has 1 N–H and O–H groups in total. The molecule has 1 heterocycles. The smallest absolute Gasteiger partial charge is 0.262 e. The van der Waals surface area contributed by atoms with E-state index in [9.17, 15) is 10.1 Å². The molecule has 0 saturated carbocycles. The molecule has 1 atom stereocenters. The van der Waals surface area contributed by atoms with Crippen molar-refractivity contribution in [3.8, 4) is 11.8 Å². The van der Waals surface area contributed by atoms with E-state index in [0.29, 0.717) is 32.3 Å². The summed E-state index contributed by atoms with van der Waals surface area (Å²) in [5.74, 6) is 0.729. The van der Waals surface area contributed by atoms with Gasteiger partial charge >= 0.3 is 0 Å². The van der Waals surface area contributed by atoms with E-state index in [-0.39, 0.29) is 12.5 Å². The van der Waals surface area contributed by atoms with E-state index in [1.54, 1.807) is 18.2 Å². The van der Waals surface area contributed by atoms with E-state index in [0.717, 1.165) is 31.2 Å². The van der Waals surface area contributed by atoms with Gasteiger partial charge in [-0.05, 0) is 48.9 Å². The molecule has 1 aliphatic rings. The van der Waals surface area contributed by atoms with Crippen LogP contribution in [0.15, 0.2) is 18.2 Å². The lowest BCUT2D eigenvalue weighted by atomic mass is 9.86. The molecule has 1 aromatic heterocycles. The Bertz CT molecular complexity index is 873. The number of nitriles is 1. The summed E-state index contributed by atoms with van der Waals surface area (Å²) in [6.45, 7) is 2.00. The molecule has 0 spiro atoms. The molecule has 0 aliphatic heterocycles. The van der Waals surface area contributed by atoms with Gasteiger partial charge in [0.1, 0.15) is 16.8 Å². The molecular weight excluding hydrogens is 391 g/mol. The summed E-state index contributed by atoms with van der Waals surface area (Å²) in [6, 6.07) is 7.07. The van der Waals surface area contributed by atoms with Crippen LogP contribution >= 0.6 is 34.5 Å². The highest BCUT2D eigenvalue weighted by molar-refractivity contribution is 7.16. The number of thiophene rings is 1. The molecule has 0 radical (unpaired) electrons. The number of nitrogens with zero attached hydrogens (tertiary/aromatic N) is 1. The van der Waals surface area contributed by atoms with Crippen molar-refractivity contribution in [2.75, 3.05) is 11.9 Å². The van der Waals surface area contributed by atoms with Gasteiger partial charge in [0.05, 0.1) is 10.6 Å². The Hall–Kier alpha value is -1.74. The minimum absolute atomic E-state index is 0.188. The highest BCUT2D eigenvalue weighted by Gasteiger charge is 2.25. The summed E-state index contributed by atoms with van der Waals surface area (Å²) in [5.41, 5.74) is 1.69. The van der Waals surface area contributed by atoms with Gasteiger partial charge in [-0.2, -0.15) is 5.26 Å². The zero-order valence-electron chi connectivity index (χ0n) is 14.3. The van der Waals surface area contributed by atoms with E-state index in [1.807, 2.05) is 0 Å². The van der Waals surface area contributed by atoms with Gasteiger partial charge in [0.25, 0.3) is 5.91 Å². The predicted octanol–water partition coefficient (Wildman–Crippen LogP) is 5.46. The fourth-order valence-corrected chi connectivity index (χ4v) is 4.90. The standard InChI is InChI=1S/C19H18Cl2N2O2S/c1-2-11-3-5-13-14(9-22)19(26-17(13)7-11)23-18(24)10-25-16-6-4-12(20)8-15(16)21/h4,6,8,11H,2-3,5,7,10H2,1H3,(H,23,24). The quantitative estimate of drug-likeness (QED) is 0.714. The van der Waals surface area contributed by atoms with Crippen LogP contribution in [0.3, 0.4) is 0 Å². The molecule has 7 heteroatoms. The Morgan fingerprint density at radius 3 is 2.96 bits per heavy atom. The van der Waals surface area contributed by atoms with Gasteiger partial charge in [0.15, 0.2) is 6.61 Å². The van der Waals surface area contributed by atoms with E-state index >= 15 is 0 Å². The number of halogens is 2. The van der Waals surface area contributed by atoms with Crippen molar-refractivity contribution in [3.05, 3.63) is 44.2 Å². The highest BCUT2D eigenvalue weighted by atomic mass is 35.5. The lowest BCUT2D eigenvalue weighted by Gasteiger charge is -2.20. The van der Waals surface area contributed by atoms with Crippen molar-refractivity contribution >= 4 is 45.4 Å². The molecule has 1 aliphatic carbocycles. The first-order valence-electron chi connectivity index (χ1n) is 8.44. The second-order valence-electron chi connectivity index (χ2n) is 6.25. The summed E-state index contributed by atoms with van der Waals surface area (Å²) in [7, 11) is 0. The Kier molecular flexibility index (Phi) is 6.08. The fourth-order valence-electron chi connectivity index (χ4n) is 3.11. The summed E-state index contributed by atoms with van der Waals surface area (Å²) >= 11 is 13.4. The average molecular weight is 409 g/mol. The summed E-state index contributed by atoms with van der Waals surface area (Å²) in [4.78, 5) is 13.5. The monoisotopic (exact) mass is 408 g/mol. The third kappa shape index (κ3) is 4.15. The first kappa shape index (κ1) is 19.0. The second-order valence-corrected chi connectivity index (χ2v) is 8.20. The van der Waals surface area contributed by atoms with Crippen molar-refractivity contribution in [1.29, 1.82) is 5.26 Å². The minimum Gasteiger partial charge on any atom is -0.482 e. The van der Waals surface area contributed by atoms with Gasteiger partial charge in [-0.3, -0.25) is 4.79 Å². The van der Waals surface area contributed by atoms with Crippen LogP contribution in [0.4, 0.5) is 5.00 Å². The number of benzene rings is 1. The number of carbonyl (C=O) groups is 1. The molecule has 3 rings (SSSR count). The van der Waals surface area contributed by atoms with Gasteiger partial charge in [0.2, 0.25) is 0 Å². The third-order valence-electron chi connectivity index (χ3n) is 4.56. The molecule has 1 unspecified atom stereocenters. The van der Waals surface area contributed by atoms with Gasteiger partial charge in [-0.1, -0.05) is 36.5 Å². The Morgan fingerprint density at radius 1 is 1.46 bits per heavy atom. The number of hydrogen-bond acceptors (Lipinski definition) is 4.